The highest BCUT2D eigenvalue weighted by Gasteiger charge is 2.54. The van der Waals surface area contributed by atoms with E-state index < -0.39 is 0 Å². The van der Waals surface area contributed by atoms with Gasteiger partial charge in [-0.2, -0.15) is 0 Å². The fourth-order valence-electron chi connectivity index (χ4n) is 7.74. The summed E-state index contributed by atoms with van der Waals surface area (Å²) in [5.41, 5.74) is 7.38. The van der Waals surface area contributed by atoms with Crippen molar-refractivity contribution in [3.63, 3.8) is 0 Å². The Morgan fingerprint density at radius 2 is 1.38 bits per heavy atom. The van der Waals surface area contributed by atoms with E-state index in [1.54, 1.807) is 0 Å². The number of phenols is 1. The summed E-state index contributed by atoms with van der Waals surface area (Å²) in [5, 5.41) is 11.4. The van der Waals surface area contributed by atoms with Gasteiger partial charge in [-0.3, -0.25) is 4.99 Å². The molecule has 1 saturated heterocycles. The number of aromatic hydroxyl groups is 1. The van der Waals surface area contributed by atoms with Crippen molar-refractivity contribution >= 4 is 19.1 Å². The van der Waals surface area contributed by atoms with Crippen LogP contribution >= 0.6 is 7.92 Å². The first-order valence-electron chi connectivity index (χ1n) is 15.2. The Balaban J connectivity index is 1.77. The van der Waals surface area contributed by atoms with Crippen LogP contribution in [0.2, 0.25) is 0 Å². The maximum Gasteiger partial charge on any atom is 0.119 e. The normalized spacial score (nSPS) is 27.0. The van der Waals surface area contributed by atoms with Crippen LogP contribution in [-0.2, 0) is 5.41 Å². The van der Waals surface area contributed by atoms with Gasteiger partial charge >= 0.3 is 0 Å². The Bertz CT molecular complexity index is 1070. The number of nitrogens with zero attached hydrogens (tertiary/aromatic N) is 1. The van der Waals surface area contributed by atoms with E-state index in [4.69, 9.17) is 4.99 Å². The van der Waals surface area contributed by atoms with Gasteiger partial charge in [-0.15, -0.1) is 0 Å². The van der Waals surface area contributed by atoms with Crippen molar-refractivity contribution in [1.29, 1.82) is 0 Å². The number of phenolic OH excluding ortho intramolecular Hbond substituents is 1. The first kappa shape index (κ1) is 26.9. The number of para-hydroxylation sites is 2. The second-order valence-electron chi connectivity index (χ2n) is 12.6. The van der Waals surface area contributed by atoms with E-state index in [0.29, 0.717) is 23.5 Å². The average Bonchev–Trinajstić information content (AvgIpc) is 3.29. The minimum absolute atomic E-state index is 0.118. The molecule has 3 aliphatic rings. The molecule has 2 unspecified atom stereocenters. The van der Waals surface area contributed by atoms with Crippen molar-refractivity contribution in [2.45, 2.75) is 121 Å². The van der Waals surface area contributed by atoms with Gasteiger partial charge in [-0.1, -0.05) is 111 Å². The van der Waals surface area contributed by atoms with Crippen LogP contribution in [0.15, 0.2) is 47.5 Å². The molecular weight excluding hydrogens is 469 g/mol. The predicted octanol–water partition coefficient (Wildman–Crippen LogP) is 10.4. The van der Waals surface area contributed by atoms with Gasteiger partial charge in [0.1, 0.15) is 5.75 Å². The average molecular weight is 518 g/mol. The highest BCUT2D eigenvalue weighted by molar-refractivity contribution is 7.76. The molecule has 3 fully saturated rings. The summed E-state index contributed by atoms with van der Waals surface area (Å²) < 4.78 is 0. The SMILES string of the molecule is CC(C)c1cccc(C(C)C)c1N=C1P(C2CCCCC2)CCC1(c1ccccc1O)C1CCCCC1. The van der Waals surface area contributed by atoms with Crippen LogP contribution in [0.25, 0.3) is 0 Å². The van der Waals surface area contributed by atoms with Gasteiger partial charge in [0, 0.05) is 11.0 Å². The second-order valence-corrected chi connectivity index (χ2v) is 15.1. The summed E-state index contributed by atoms with van der Waals surface area (Å²) in [6.07, 6.45) is 15.9. The molecule has 2 aromatic rings. The van der Waals surface area contributed by atoms with Crippen molar-refractivity contribution in [3.05, 3.63) is 59.2 Å². The monoisotopic (exact) mass is 517 g/mol. The molecule has 0 amide bonds. The van der Waals surface area contributed by atoms with E-state index in [1.807, 2.05) is 12.1 Å². The van der Waals surface area contributed by atoms with E-state index >= 15 is 0 Å². The van der Waals surface area contributed by atoms with Crippen molar-refractivity contribution in [2.24, 2.45) is 10.9 Å². The Morgan fingerprint density at radius 1 is 0.784 bits per heavy atom. The van der Waals surface area contributed by atoms with Gasteiger partial charge in [-0.25, -0.2) is 0 Å². The summed E-state index contributed by atoms with van der Waals surface area (Å²) in [5.74, 6) is 1.95. The standard InChI is InChI=1S/C34H48NOP/c1-24(2)28-18-13-19-29(25(3)4)32(28)35-33-34(26-14-7-5-8-15-26,30-20-11-12-21-31(30)36)22-23-37(33)27-16-9-6-10-17-27/h11-13,18-21,24-27,36H,5-10,14-17,22-23H2,1-4H3. The third kappa shape index (κ3) is 5.17. The molecule has 1 heterocycles. The molecule has 2 aromatic carbocycles. The fourth-order valence-corrected chi connectivity index (χ4v) is 11.4. The van der Waals surface area contributed by atoms with Crippen LogP contribution in [0.1, 0.15) is 127 Å². The minimum Gasteiger partial charge on any atom is -0.508 e. The first-order chi connectivity index (χ1) is 17.9. The quantitative estimate of drug-likeness (QED) is 0.380. The maximum absolute atomic E-state index is 11.4. The van der Waals surface area contributed by atoms with Gasteiger partial charge in [0.05, 0.1) is 11.1 Å². The second kappa shape index (κ2) is 11.6. The van der Waals surface area contributed by atoms with Crippen LogP contribution in [0.3, 0.4) is 0 Å². The van der Waals surface area contributed by atoms with Crippen LogP contribution < -0.4 is 0 Å². The molecule has 0 bridgehead atoms. The highest BCUT2D eigenvalue weighted by atomic mass is 31.1. The molecular formula is C34H48NOP. The highest BCUT2D eigenvalue weighted by Crippen LogP contribution is 2.66. The van der Waals surface area contributed by atoms with E-state index in [1.165, 1.54) is 98.2 Å². The zero-order valence-electron chi connectivity index (χ0n) is 23.7. The lowest BCUT2D eigenvalue weighted by molar-refractivity contribution is 0.257. The number of benzene rings is 2. The van der Waals surface area contributed by atoms with Crippen molar-refractivity contribution in [3.8, 4) is 5.75 Å². The smallest absolute Gasteiger partial charge is 0.119 e. The molecule has 5 rings (SSSR count). The molecule has 2 atom stereocenters. The van der Waals surface area contributed by atoms with E-state index in [9.17, 15) is 5.11 Å². The van der Waals surface area contributed by atoms with Crippen molar-refractivity contribution < 1.29 is 5.11 Å². The Kier molecular flexibility index (Phi) is 8.45. The third-order valence-corrected chi connectivity index (χ3v) is 12.8. The fraction of sp³-hybridized carbons (Fsp3) is 0.618. The Morgan fingerprint density at radius 3 is 1.97 bits per heavy atom. The summed E-state index contributed by atoms with van der Waals surface area (Å²) in [4.78, 5) is 5.94. The van der Waals surface area contributed by atoms with Crippen LogP contribution in [0.4, 0.5) is 5.69 Å². The van der Waals surface area contributed by atoms with Crippen LogP contribution in [0, 0.1) is 5.92 Å². The van der Waals surface area contributed by atoms with Gasteiger partial charge in [0.25, 0.3) is 0 Å². The lowest BCUT2D eigenvalue weighted by Crippen LogP contribution is -2.41. The summed E-state index contributed by atoms with van der Waals surface area (Å²) in [7, 11) is -0.324. The summed E-state index contributed by atoms with van der Waals surface area (Å²) in [6, 6.07) is 15.2. The Hall–Kier alpha value is -1.66. The number of aliphatic imine (C=N–C) groups is 1. The lowest BCUT2D eigenvalue weighted by atomic mass is 9.64. The van der Waals surface area contributed by atoms with Gasteiger partial charge in [0.15, 0.2) is 0 Å². The summed E-state index contributed by atoms with van der Waals surface area (Å²) in [6.45, 7) is 9.27. The van der Waals surface area contributed by atoms with Gasteiger partial charge in [0.2, 0.25) is 0 Å². The molecule has 3 heteroatoms. The molecule has 2 aliphatic carbocycles. The molecule has 2 saturated carbocycles. The molecule has 0 radical (unpaired) electrons. The van der Waals surface area contributed by atoms with Crippen LogP contribution in [0.5, 0.6) is 5.75 Å². The lowest BCUT2D eigenvalue weighted by Gasteiger charge is -2.43. The molecule has 37 heavy (non-hydrogen) atoms. The van der Waals surface area contributed by atoms with E-state index in [0.717, 1.165) is 12.1 Å². The number of hydrogen-bond acceptors (Lipinski definition) is 2. The molecule has 0 aromatic heterocycles. The molecule has 2 nitrogen and oxygen atoms in total. The number of hydrogen-bond donors (Lipinski definition) is 1. The van der Waals surface area contributed by atoms with Crippen molar-refractivity contribution in [2.75, 3.05) is 6.16 Å². The van der Waals surface area contributed by atoms with Gasteiger partial charge in [-0.05, 0) is 78.9 Å². The molecule has 1 N–H and O–H groups in total. The first-order valence-corrected chi connectivity index (χ1v) is 16.8. The number of rotatable bonds is 6. The maximum atomic E-state index is 11.4. The van der Waals surface area contributed by atoms with E-state index in [2.05, 4.69) is 58.0 Å². The molecule has 0 spiro atoms. The molecule has 1 aliphatic heterocycles. The predicted molar refractivity (Wildman–Crippen MR) is 161 cm³/mol. The van der Waals surface area contributed by atoms with Gasteiger partial charge < -0.3 is 5.11 Å². The zero-order chi connectivity index (χ0) is 26.0. The zero-order valence-corrected chi connectivity index (χ0v) is 24.6. The largest absolute Gasteiger partial charge is 0.508 e. The molecule has 200 valence electrons. The third-order valence-electron chi connectivity index (χ3n) is 9.68. The minimum atomic E-state index is -0.324. The van der Waals surface area contributed by atoms with E-state index in [-0.39, 0.29) is 13.3 Å². The summed E-state index contributed by atoms with van der Waals surface area (Å²) >= 11 is 0. The topological polar surface area (TPSA) is 32.6 Å². The van der Waals surface area contributed by atoms with Crippen LogP contribution in [-0.4, -0.2) is 22.4 Å². The van der Waals surface area contributed by atoms with Crippen molar-refractivity contribution in [1.82, 2.24) is 0 Å². The Labute approximate surface area is 227 Å².